The first-order chi connectivity index (χ1) is 6.66. The van der Waals surface area contributed by atoms with Crippen molar-refractivity contribution in [2.45, 2.75) is 25.2 Å². The van der Waals surface area contributed by atoms with Gasteiger partial charge in [0.05, 0.1) is 0 Å². The minimum Gasteiger partial charge on any atom is -0.300 e. The second-order valence-electron chi connectivity index (χ2n) is 3.64. The monoisotopic (exact) mass is 256 g/mol. The van der Waals surface area contributed by atoms with Crippen LogP contribution in [-0.4, -0.2) is 5.78 Å². The molecule has 0 spiro atoms. The zero-order chi connectivity index (χ0) is 10.1. The molecule has 1 aliphatic rings. The molecule has 0 amide bonds. The van der Waals surface area contributed by atoms with Gasteiger partial charge in [-0.25, -0.2) is 4.39 Å². The normalized spacial score (nSPS) is 21.6. The number of halogens is 2. The van der Waals surface area contributed by atoms with Gasteiger partial charge >= 0.3 is 0 Å². The van der Waals surface area contributed by atoms with Gasteiger partial charge in [0.15, 0.2) is 0 Å². The Hall–Kier alpha value is -0.700. The van der Waals surface area contributed by atoms with Crippen LogP contribution in [0.5, 0.6) is 0 Å². The van der Waals surface area contributed by atoms with Crippen LogP contribution < -0.4 is 0 Å². The first-order valence-electron chi connectivity index (χ1n) is 4.63. The molecule has 1 aromatic carbocycles. The molecular formula is C11H10BrFO. The number of Topliss-reactive ketones (excluding diaryl/α,β-unsaturated/α-hetero) is 1. The maximum atomic E-state index is 13.4. The molecule has 2 rings (SSSR count). The summed E-state index contributed by atoms with van der Waals surface area (Å²) in [4.78, 5) is 11.1. The molecule has 1 atom stereocenters. The van der Waals surface area contributed by atoms with Crippen LogP contribution in [0.2, 0.25) is 0 Å². The van der Waals surface area contributed by atoms with Crippen molar-refractivity contribution < 1.29 is 9.18 Å². The largest absolute Gasteiger partial charge is 0.300 e. The number of carbonyl (C=O) groups excluding carboxylic acids is 1. The van der Waals surface area contributed by atoms with Crippen molar-refractivity contribution in [3.63, 3.8) is 0 Å². The van der Waals surface area contributed by atoms with Gasteiger partial charge in [0.2, 0.25) is 0 Å². The highest BCUT2D eigenvalue weighted by Crippen LogP contribution is 2.34. The SMILES string of the molecule is O=C1CCC(c2cc(Br)ccc2F)C1. The zero-order valence-corrected chi connectivity index (χ0v) is 9.18. The van der Waals surface area contributed by atoms with E-state index >= 15 is 0 Å². The summed E-state index contributed by atoms with van der Waals surface area (Å²) in [5, 5.41) is 0. The summed E-state index contributed by atoms with van der Waals surface area (Å²) in [6.45, 7) is 0. The summed E-state index contributed by atoms with van der Waals surface area (Å²) in [6, 6.07) is 4.90. The van der Waals surface area contributed by atoms with Crippen molar-refractivity contribution in [2.24, 2.45) is 0 Å². The first-order valence-corrected chi connectivity index (χ1v) is 5.43. The van der Waals surface area contributed by atoms with Gasteiger partial charge in [-0.15, -0.1) is 0 Å². The Labute approximate surface area is 90.4 Å². The topological polar surface area (TPSA) is 17.1 Å². The fraction of sp³-hybridized carbons (Fsp3) is 0.364. The lowest BCUT2D eigenvalue weighted by Gasteiger charge is -2.09. The molecule has 3 heteroatoms. The summed E-state index contributed by atoms with van der Waals surface area (Å²) < 4.78 is 14.3. The standard InChI is InChI=1S/C11H10BrFO/c12-8-2-4-11(13)10(6-8)7-1-3-9(14)5-7/h2,4,6-7H,1,3,5H2. The van der Waals surface area contributed by atoms with Crippen LogP contribution in [-0.2, 0) is 4.79 Å². The molecule has 0 aliphatic heterocycles. The fourth-order valence-electron chi connectivity index (χ4n) is 1.91. The predicted molar refractivity (Wildman–Crippen MR) is 55.7 cm³/mol. The van der Waals surface area contributed by atoms with Crippen LogP contribution in [0.3, 0.4) is 0 Å². The van der Waals surface area contributed by atoms with Crippen molar-refractivity contribution >= 4 is 21.7 Å². The fourth-order valence-corrected chi connectivity index (χ4v) is 2.29. The Bertz CT molecular complexity index is 376. The third-order valence-corrected chi connectivity index (χ3v) is 3.14. The second kappa shape index (κ2) is 3.81. The van der Waals surface area contributed by atoms with Gasteiger partial charge in [-0.2, -0.15) is 0 Å². The first kappa shape index (κ1) is 9.84. The number of benzene rings is 1. The van der Waals surface area contributed by atoms with E-state index in [9.17, 15) is 9.18 Å². The number of hydrogen-bond donors (Lipinski definition) is 0. The molecule has 1 unspecified atom stereocenters. The quantitative estimate of drug-likeness (QED) is 0.753. The molecule has 14 heavy (non-hydrogen) atoms. The van der Waals surface area contributed by atoms with Crippen molar-refractivity contribution in [3.05, 3.63) is 34.1 Å². The summed E-state index contributed by atoms with van der Waals surface area (Å²) in [6.07, 6.45) is 1.87. The third-order valence-electron chi connectivity index (χ3n) is 2.64. The molecule has 1 fully saturated rings. The maximum Gasteiger partial charge on any atom is 0.133 e. The van der Waals surface area contributed by atoms with Crippen molar-refractivity contribution in [2.75, 3.05) is 0 Å². The third kappa shape index (κ3) is 1.87. The molecule has 0 radical (unpaired) electrons. The highest BCUT2D eigenvalue weighted by molar-refractivity contribution is 9.10. The van der Waals surface area contributed by atoms with Crippen molar-refractivity contribution in [3.8, 4) is 0 Å². The van der Waals surface area contributed by atoms with E-state index in [4.69, 9.17) is 0 Å². The van der Waals surface area contributed by atoms with Crippen LogP contribution >= 0.6 is 15.9 Å². The molecule has 1 nitrogen and oxygen atoms in total. The van der Waals surface area contributed by atoms with E-state index in [0.717, 1.165) is 10.9 Å². The second-order valence-corrected chi connectivity index (χ2v) is 4.56. The molecule has 0 aromatic heterocycles. The lowest BCUT2D eigenvalue weighted by atomic mass is 9.97. The molecule has 74 valence electrons. The predicted octanol–water partition coefficient (Wildman–Crippen LogP) is 3.42. The van der Waals surface area contributed by atoms with E-state index in [-0.39, 0.29) is 17.5 Å². The smallest absolute Gasteiger partial charge is 0.133 e. The van der Waals surface area contributed by atoms with Gasteiger partial charge in [-0.05, 0) is 36.1 Å². The van der Waals surface area contributed by atoms with E-state index in [1.54, 1.807) is 12.1 Å². The summed E-state index contributed by atoms with van der Waals surface area (Å²) in [5.74, 6) is 0.127. The minimum absolute atomic E-state index is 0.0833. The van der Waals surface area contributed by atoms with E-state index < -0.39 is 0 Å². The van der Waals surface area contributed by atoms with Crippen LogP contribution in [0, 0.1) is 5.82 Å². The minimum atomic E-state index is -0.201. The van der Waals surface area contributed by atoms with Gasteiger partial charge in [0.1, 0.15) is 11.6 Å². The molecule has 1 aliphatic carbocycles. The van der Waals surface area contributed by atoms with E-state index in [1.807, 2.05) is 0 Å². The van der Waals surface area contributed by atoms with Crippen LogP contribution in [0.1, 0.15) is 30.7 Å². The Kier molecular flexibility index (Phi) is 2.68. The molecular weight excluding hydrogens is 247 g/mol. The Morgan fingerprint density at radius 3 is 2.86 bits per heavy atom. The van der Waals surface area contributed by atoms with E-state index in [2.05, 4.69) is 15.9 Å². The van der Waals surface area contributed by atoms with Gasteiger partial charge in [-0.1, -0.05) is 15.9 Å². The number of ketones is 1. The van der Waals surface area contributed by atoms with Gasteiger partial charge in [-0.3, -0.25) is 4.79 Å². The summed E-state index contributed by atoms with van der Waals surface area (Å²) in [5.41, 5.74) is 0.672. The van der Waals surface area contributed by atoms with Crippen LogP contribution in [0.15, 0.2) is 22.7 Å². The summed E-state index contributed by atoms with van der Waals surface area (Å²) in [7, 11) is 0. The average molecular weight is 257 g/mol. The lowest BCUT2D eigenvalue weighted by molar-refractivity contribution is -0.117. The van der Waals surface area contributed by atoms with Gasteiger partial charge in [0.25, 0.3) is 0 Å². The number of hydrogen-bond acceptors (Lipinski definition) is 1. The number of carbonyl (C=O) groups is 1. The van der Waals surface area contributed by atoms with Gasteiger partial charge < -0.3 is 0 Å². The highest BCUT2D eigenvalue weighted by Gasteiger charge is 2.25. The van der Waals surface area contributed by atoms with Crippen LogP contribution in [0.25, 0.3) is 0 Å². The molecule has 1 saturated carbocycles. The molecule has 0 N–H and O–H groups in total. The summed E-state index contributed by atoms with van der Waals surface area (Å²) >= 11 is 3.31. The Morgan fingerprint density at radius 2 is 2.21 bits per heavy atom. The Balaban J connectivity index is 2.31. The maximum absolute atomic E-state index is 13.4. The van der Waals surface area contributed by atoms with E-state index in [1.165, 1.54) is 6.07 Å². The van der Waals surface area contributed by atoms with Crippen LogP contribution in [0.4, 0.5) is 4.39 Å². The average Bonchev–Trinajstić information content (AvgIpc) is 2.56. The van der Waals surface area contributed by atoms with Crippen molar-refractivity contribution in [1.29, 1.82) is 0 Å². The van der Waals surface area contributed by atoms with Gasteiger partial charge in [0, 0.05) is 17.3 Å². The molecule has 0 heterocycles. The molecule has 0 bridgehead atoms. The van der Waals surface area contributed by atoms with E-state index in [0.29, 0.717) is 18.4 Å². The molecule has 0 saturated heterocycles. The highest BCUT2D eigenvalue weighted by atomic mass is 79.9. The Morgan fingerprint density at radius 1 is 1.43 bits per heavy atom. The zero-order valence-electron chi connectivity index (χ0n) is 7.59. The number of rotatable bonds is 1. The van der Waals surface area contributed by atoms with Crippen molar-refractivity contribution in [1.82, 2.24) is 0 Å². The molecule has 1 aromatic rings. The lowest BCUT2D eigenvalue weighted by Crippen LogP contribution is -1.97.